The first kappa shape index (κ1) is 14.9. The van der Waals surface area contributed by atoms with Crippen molar-refractivity contribution < 1.29 is 14.6 Å². The van der Waals surface area contributed by atoms with Gasteiger partial charge in [-0.2, -0.15) is 5.26 Å². The molecule has 1 N–H and O–H groups in total. The van der Waals surface area contributed by atoms with Crippen molar-refractivity contribution in [2.24, 2.45) is 0 Å². The molecule has 1 aliphatic heterocycles. The average Bonchev–Trinajstić information content (AvgIpc) is 3.04. The lowest BCUT2D eigenvalue weighted by Crippen LogP contribution is -2.29. The zero-order valence-corrected chi connectivity index (χ0v) is 12.5. The molecule has 3 rings (SSSR count). The molecule has 1 atom stereocenters. The Bertz CT molecular complexity index is 767. The smallest absolute Gasteiger partial charge is 0.407 e. The normalized spacial score (nSPS) is 16.8. The van der Waals surface area contributed by atoms with Gasteiger partial charge in [0.05, 0.1) is 18.2 Å². The lowest BCUT2D eigenvalue weighted by atomic mass is 10.0. The molecule has 23 heavy (non-hydrogen) atoms. The number of rotatable bonds is 3. The number of hydrogen-bond donors (Lipinski definition) is 1. The first-order valence-corrected chi connectivity index (χ1v) is 7.41. The minimum absolute atomic E-state index is 0.119. The van der Waals surface area contributed by atoms with E-state index < -0.39 is 6.09 Å². The molecular formula is C18H16N2O3. The molecule has 2 aromatic rings. The van der Waals surface area contributed by atoms with Crippen LogP contribution in [0.1, 0.15) is 12.0 Å². The fraction of sp³-hybridized carbons (Fsp3) is 0.222. The molecular weight excluding hydrogens is 292 g/mol. The molecule has 0 saturated carbocycles. The molecule has 0 spiro atoms. The molecule has 0 bridgehead atoms. The van der Waals surface area contributed by atoms with Gasteiger partial charge in [-0.05, 0) is 35.4 Å². The van der Waals surface area contributed by atoms with Crippen LogP contribution < -0.4 is 4.74 Å². The van der Waals surface area contributed by atoms with E-state index in [0.717, 1.165) is 11.1 Å². The third-order valence-electron chi connectivity index (χ3n) is 3.88. The Labute approximate surface area is 134 Å². The zero-order chi connectivity index (χ0) is 16.2. The van der Waals surface area contributed by atoms with Crippen molar-refractivity contribution in [3.05, 3.63) is 54.1 Å². The topological polar surface area (TPSA) is 73.6 Å². The highest BCUT2D eigenvalue weighted by molar-refractivity contribution is 5.67. The number of benzene rings is 2. The standard InChI is InChI=1S/C18H16N2O3/c19-11-13-3-1-4-14(9-13)15-5-2-6-16(10-15)23-17-7-8-20(12-17)18(21)22/h1-6,9-10,17H,7-8,12H2,(H,21,22). The highest BCUT2D eigenvalue weighted by Crippen LogP contribution is 2.26. The molecule has 1 aliphatic rings. The third kappa shape index (κ3) is 3.43. The van der Waals surface area contributed by atoms with Crippen molar-refractivity contribution in [1.82, 2.24) is 4.90 Å². The van der Waals surface area contributed by atoms with Crippen LogP contribution in [-0.4, -0.2) is 35.3 Å². The van der Waals surface area contributed by atoms with Crippen LogP contribution in [0.5, 0.6) is 5.75 Å². The van der Waals surface area contributed by atoms with Crippen LogP contribution in [0.4, 0.5) is 4.79 Å². The Hall–Kier alpha value is -3.00. The number of carboxylic acid groups (broad SMARTS) is 1. The van der Waals surface area contributed by atoms with Crippen LogP contribution in [0.15, 0.2) is 48.5 Å². The summed E-state index contributed by atoms with van der Waals surface area (Å²) in [6, 6.07) is 17.2. The molecule has 2 aromatic carbocycles. The van der Waals surface area contributed by atoms with Gasteiger partial charge in [-0.15, -0.1) is 0 Å². The van der Waals surface area contributed by atoms with Crippen molar-refractivity contribution >= 4 is 6.09 Å². The Morgan fingerprint density at radius 2 is 1.96 bits per heavy atom. The van der Waals surface area contributed by atoms with Crippen LogP contribution in [0.3, 0.4) is 0 Å². The van der Waals surface area contributed by atoms with Crippen molar-refractivity contribution in [3.63, 3.8) is 0 Å². The first-order valence-electron chi connectivity index (χ1n) is 7.41. The van der Waals surface area contributed by atoms with Gasteiger partial charge in [0.25, 0.3) is 0 Å². The van der Waals surface area contributed by atoms with E-state index >= 15 is 0 Å². The molecule has 5 nitrogen and oxygen atoms in total. The predicted octanol–water partition coefficient (Wildman–Crippen LogP) is 3.36. The van der Waals surface area contributed by atoms with E-state index in [1.54, 1.807) is 6.07 Å². The van der Waals surface area contributed by atoms with Gasteiger partial charge in [0, 0.05) is 13.0 Å². The summed E-state index contributed by atoms with van der Waals surface area (Å²) in [5, 5.41) is 18.0. The second kappa shape index (κ2) is 6.41. The van der Waals surface area contributed by atoms with E-state index in [1.165, 1.54) is 4.90 Å². The first-order chi connectivity index (χ1) is 11.2. The number of likely N-dealkylation sites (tertiary alicyclic amines) is 1. The predicted molar refractivity (Wildman–Crippen MR) is 85.2 cm³/mol. The summed E-state index contributed by atoms with van der Waals surface area (Å²) in [4.78, 5) is 12.3. The third-order valence-corrected chi connectivity index (χ3v) is 3.88. The maximum absolute atomic E-state index is 10.9. The van der Waals surface area contributed by atoms with E-state index in [9.17, 15) is 4.79 Å². The summed E-state index contributed by atoms with van der Waals surface area (Å²) < 4.78 is 5.90. The lowest BCUT2D eigenvalue weighted by molar-refractivity contribution is 0.145. The molecule has 1 heterocycles. The van der Waals surface area contributed by atoms with Crippen LogP contribution in [-0.2, 0) is 0 Å². The highest BCUT2D eigenvalue weighted by atomic mass is 16.5. The number of carbonyl (C=O) groups is 1. The van der Waals surface area contributed by atoms with Gasteiger partial charge >= 0.3 is 6.09 Å². The Morgan fingerprint density at radius 1 is 1.22 bits per heavy atom. The molecule has 0 radical (unpaired) electrons. The number of nitriles is 1. The second-order valence-corrected chi connectivity index (χ2v) is 5.48. The molecule has 1 unspecified atom stereocenters. The quantitative estimate of drug-likeness (QED) is 0.943. The van der Waals surface area contributed by atoms with Crippen molar-refractivity contribution in [3.8, 4) is 22.9 Å². The molecule has 116 valence electrons. The van der Waals surface area contributed by atoms with Gasteiger partial charge in [0.2, 0.25) is 0 Å². The number of hydrogen-bond acceptors (Lipinski definition) is 3. The zero-order valence-electron chi connectivity index (χ0n) is 12.5. The SMILES string of the molecule is N#Cc1cccc(-c2cccc(OC3CCN(C(=O)O)C3)c2)c1. The fourth-order valence-corrected chi connectivity index (χ4v) is 2.71. The highest BCUT2D eigenvalue weighted by Gasteiger charge is 2.27. The van der Waals surface area contributed by atoms with Gasteiger partial charge in [-0.3, -0.25) is 0 Å². The summed E-state index contributed by atoms with van der Waals surface area (Å²) in [5.74, 6) is 0.710. The van der Waals surface area contributed by atoms with Gasteiger partial charge in [0.15, 0.2) is 0 Å². The summed E-state index contributed by atoms with van der Waals surface area (Å²) in [6.07, 6.45) is -0.328. The molecule has 1 amide bonds. The Morgan fingerprint density at radius 3 is 2.65 bits per heavy atom. The van der Waals surface area contributed by atoms with Crippen LogP contribution in [0.25, 0.3) is 11.1 Å². The second-order valence-electron chi connectivity index (χ2n) is 5.48. The van der Waals surface area contributed by atoms with E-state index in [1.807, 2.05) is 42.5 Å². The maximum atomic E-state index is 10.9. The molecule has 0 aliphatic carbocycles. The fourth-order valence-electron chi connectivity index (χ4n) is 2.71. The average molecular weight is 308 g/mol. The van der Waals surface area contributed by atoms with Gasteiger partial charge in [-0.25, -0.2) is 4.79 Å². The monoisotopic (exact) mass is 308 g/mol. The van der Waals surface area contributed by atoms with Crippen LogP contribution in [0.2, 0.25) is 0 Å². The minimum atomic E-state index is -0.904. The summed E-state index contributed by atoms with van der Waals surface area (Å²) in [5.41, 5.74) is 2.53. The number of amides is 1. The maximum Gasteiger partial charge on any atom is 0.407 e. The minimum Gasteiger partial charge on any atom is -0.488 e. The van der Waals surface area contributed by atoms with Crippen LogP contribution in [0, 0.1) is 11.3 Å². The molecule has 0 aromatic heterocycles. The van der Waals surface area contributed by atoms with E-state index in [2.05, 4.69) is 6.07 Å². The number of ether oxygens (including phenoxy) is 1. The van der Waals surface area contributed by atoms with E-state index in [-0.39, 0.29) is 6.10 Å². The van der Waals surface area contributed by atoms with Gasteiger partial charge in [0.1, 0.15) is 11.9 Å². The van der Waals surface area contributed by atoms with E-state index in [4.69, 9.17) is 15.1 Å². The summed E-state index contributed by atoms with van der Waals surface area (Å²) in [6.45, 7) is 0.896. The van der Waals surface area contributed by atoms with Gasteiger partial charge < -0.3 is 14.7 Å². The lowest BCUT2D eigenvalue weighted by Gasteiger charge is -2.15. The van der Waals surface area contributed by atoms with E-state index in [0.29, 0.717) is 30.8 Å². The van der Waals surface area contributed by atoms with Gasteiger partial charge in [-0.1, -0.05) is 24.3 Å². The van der Waals surface area contributed by atoms with Crippen molar-refractivity contribution in [2.45, 2.75) is 12.5 Å². The summed E-state index contributed by atoms with van der Waals surface area (Å²) in [7, 11) is 0. The van der Waals surface area contributed by atoms with Crippen LogP contribution >= 0.6 is 0 Å². The molecule has 1 saturated heterocycles. The number of nitrogens with zero attached hydrogens (tertiary/aromatic N) is 2. The Balaban J connectivity index is 1.75. The Kier molecular flexibility index (Phi) is 4.15. The largest absolute Gasteiger partial charge is 0.488 e. The summed E-state index contributed by atoms with van der Waals surface area (Å²) >= 11 is 0. The van der Waals surface area contributed by atoms with Crippen molar-refractivity contribution in [1.29, 1.82) is 5.26 Å². The van der Waals surface area contributed by atoms with Crippen molar-refractivity contribution in [2.75, 3.05) is 13.1 Å². The molecule has 1 fully saturated rings. The molecule has 5 heteroatoms.